The first-order valence-corrected chi connectivity index (χ1v) is 5.34. The maximum absolute atomic E-state index is 8.73. The molecule has 0 aromatic heterocycles. The van der Waals surface area contributed by atoms with Crippen LogP contribution in [0.3, 0.4) is 0 Å². The zero-order chi connectivity index (χ0) is 10.4. The van der Waals surface area contributed by atoms with Crippen LogP contribution in [-0.2, 0) is 4.74 Å². The van der Waals surface area contributed by atoms with Crippen LogP contribution in [0.25, 0.3) is 0 Å². The van der Waals surface area contributed by atoms with Crippen molar-refractivity contribution in [1.82, 2.24) is 4.90 Å². The summed E-state index contributed by atoms with van der Waals surface area (Å²) in [4.78, 5) is 2.37. The molecule has 14 heavy (non-hydrogen) atoms. The van der Waals surface area contributed by atoms with Crippen molar-refractivity contribution in [2.24, 2.45) is 11.7 Å². The maximum atomic E-state index is 8.73. The summed E-state index contributed by atoms with van der Waals surface area (Å²) in [5.74, 6) is 0.668. The fourth-order valence-corrected chi connectivity index (χ4v) is 2.04. The third-order valence-electron chi connectivity index (χ3n) is 2.76. The summed E-state index contributed by atoms with van der Waals surface area (Å²) in [6.07, 6.45) is 1.91. The van der Waals surface area contributed by atoms with Crippen LogP contribution < -0.4 is 5.73 Å². The van der Waals surface area contributed by atoms with Crippen LogP contribution in [0.1, 0.15) is 12.8 Å². The number of nitrogens with zero attached hydrogens (tertiary/aromatic N) is 1. The van der Waals surface area contributed by atoms with Gasteiger partial charge in [0.25, 0.3) is 0 Å². The molecule has 0 aromatic rings. The average Bonchev–Trinajstić information content (AvgIpc) is 2.53. The van der Waals surface area contributed by atoms with E-state index in [1.165, 1.54) is 6.42 Å². The normalized spacial score (nSPS) is 25.5. The van der Waals surface area contributed by atoms with Gasteiger partial charge in [-0.15, -0.1) is 0 Å². The number of aliphatic hydroxyl groups excluding tert-OH is 1. The Labute approximate surface area is 86.0 Å². The smallest absolute Gasteiger partial charge is 0.0503 e. The van der Waals surface area contributed by atoms with Gasteiger partial charge in [0.2, 0.25) is 0 Å². The fourth-order valence-electron chi connectivity index (χ4n) is 2.04. The van der Waals surface area contributed by atoms with Gasteiger partial charge in [-0.05, 0) is 25.3 Å². The second-order valence-electron chi connectivity index (χ2n) is 4.14. The molecule has 0 saturated carbocycles. The molecular weight excluding hydrogens is 180 g/mol. The molecule has 1 aliphatic rings. The lowest BCUT2D eigenvalue weighted by atomic mass is 10.1. The molecule has 1 saturated heterocycles. The lowest BCUT2D eigenvalue weighted by molar-refractivity contribution is 0.152. The van der Waals surface area contributed by atoms with Gasteiger partial charge in [-0.3, -0.25) is 0 Å². The van der Waals surface area contributed by atoms with Gasteiger partial charge in [-0.25, -0.2) is 0 Å². The number of hydrogen-bond acceptors (Lipinski definition) is 4. The Morgan fingerprint density at radius 2 is 2.43 bits per heavy atom. The Morgan fingerprint density at radius 1 is 1.64 bits per heavy atom. The van der Waals surface area contributed by atoms with Crippen molar-refractivity contribution < 1.29 is 9.84 Å². The minimum absolute atomic E-state index is 0.112. The molecule has 4 heteroatoms. The molecule has 0 aromatic carbocycles. The Kier molecular flexibility index (Phi) is 5.40. The number of methoxy groups -OCH3 is 1. The first-order chi connectivity index (χ1) is 6.76. The van der Waals surface area contributed by atoms with Crippen molar-refractivity contribution in [1.29, 1.82) is 0 Å². The van der Waals surface area contributed by atoms with Crippen LogP contribution in [-0.4, -0.2) is 56.0 Å². The zero-order valence-corrected chi connectivity index (χ0v) is 8.98. The van der Waals surface area contributed by atoms with Crippen LogP contribution in [0.4, 0.5) is 0 Å². The predicted octanol–water partition coefficient (Wildman–Crippen LogP) is -0.336. The van der Waals surface area contributed by atoms with E-state index in [0.717, 1.165) is 26.2 Å². The number of nitrogens with two attached hydrogens (primary N) is 1. The molecule has 2 atom stereocenters. The lowest BCUT2D eigenvalue weighted by Crippen LogP contribution is -2.37. The molecule has 4 nitrogen and oxygen atoms in total. The van der Waals surface area contributed by atoms with Gasteiger partial charge in [-0.2, -0.15) is 0 Å². The summed E-state index contributed by atoms with van der Waals surface area (Å²) >= 11 is 0. The maximum Gasteiger partial charge on any atom is 0.0503 e. The van der Waals surface area contributed by atoms with Crippen LogP contribution in [0.5, 0.6) is 0 Å². The molecule has 1 heterocycles. The number of hydrogen-bond donors (Lipinski definition) is 2. The Bertz CT molecular complexity index is 155. The van der Waals surface area contributed by atoms with E-state index >= 15 is 0 Å². The average molecular weight is 202 g/mol. The highest BCUT2D eigenvalue weighted by Crippen LogP contribution is 2.16. The molecule has 0 radical (unpaired) electrons. The second kappa shape index (κ2) is 6.35. The molecule has 0 amide bonds. The topological polar surface area (TPSA) is 58.7 Å². The molecule has 0 aliphatic carbocycles. The van der Waals surface area contributed by atoms with E-state index in [1.54, 1.807) is 7.11 Å². The highest BCUT2D eigenvalue weighted by molar-refractivity contribution is 4.78. The Morgan fingerprint density at radius 3 is 3.07 bits per heavy atom. The molecule has 1 fully saturated rings. The first-order valence-electron chi connectivity index (χ1n) is 5.34. The van der Waals surface area contributed by atoms with Crippen LogP contribution in [0, 0.1) is 5.92 Å². The van der Waals surface area contributed by atoms with Crippen LogP contribution in [0.15, 0.2) is 0 Å². The summed E-state index contributed by atoms with van der Waals surface area (Å²) in [5, 5.41) is 8.73. The van der Waals surface area contributed by atoms with Crippen molar-refractivity contribution in [3.8, 4) is 0 Å². The van der Waals surface area contributed by atoms with Gasteiger partial charge in [-0.1, -0.05) is 0 Å². The molecule has 0 spiro atoms. The van der Waals surface area contributed by atoms with Crippen LogP contribution in [0.2, 0.25) is 0 Å². The summed E-state index contributed by atoms with van der Waals surface area (Å²) < 4.78 is 5.13. The summed E-state index contributed by atoms with van der Waals surface area (Å²) in [6, 6.07) is 0.112. The third kappa shape index (κ3) is 3.92. The van der Waals surface area contributed by atoms with E-state index in [4.69, 9.17) is 15.6 Å². The standard InChI is InChI=1S/C10H22N2O2/c1-14-8-9-2-4-12(6-9)7-10(11)3-5-13/h9-10,13H,2-8,11H2,1H3. The minimum Gasteiger partial charge on any atom is -0.396 e. The Hall–Kier alpha value is -0.160. The van der Waals surface area contributed by atoms with Gasteiger partial charge in [0.15, 0.2) is 0 Å². The van der Waals surface area contributed by atoms with E-state index in [9.17, 15) is 0 Å². The first kappa shape index (κ1) is 11.9. The van der Waals surface area contributed by atoms with Crippen molar-refractivity contribution in [3.63, 3.8) is 0 Å². The minimum atomic E-state index is 0.112. The van der Waals surface area contributed by atoms with Gasteiger partial charge in [0.1, 0.15) is 0 Å². The molecule has 2 unspecified atom stereocenters. The molecular formula is C10H22N2O2. The largest absolute Gasteiger partial charge is 0.396 e. The number of ether oxygens (including phenoxy) is 1. The van der Waals surface area contributed by atoms with Gasteiger partial charge >= 0.3 is 0 Å². The fraction of sp³-hybridized carbons (Fsp3) is 1.00. The van der Waals surface area contributed by atoms with E-state index in [2.05, 4.69) is 4.90 Å². The number of likely N-dealkylation sites (tertiary alicyclic amines) is 1. The molecule has 3 N–H and O–H groups in total. The van der Waals surface area contributed by atoms with Crippen LogP contribution >= 0.6 is 0 Å². The molecule has 84 valence electrons. The van der Waals surface area contributed by atoms with Gasteiger partial charge in [0, 0.05) is 32.8 Å². The highest BCUT2D eigenvalue weighted by atomic mass is 16.5. The second-order valence-corrected chi connectivity index (χ2v) is 4.14. The van der Waals surface area contributed by atoms with Gasteiger partial charge in [0.05, 0.1) is 6.61 Å². The lowest BCUT2D eigenvalue weighted by Gasteiger charge is -2.20. The molecule has 0 bridgehead atoms. The molecule has 1 rings (SSSR count). The molecule has 1 aliphatic heterocycles. The van der Waals surface area contributed by atoms with E-state index < -0.39 is 0 Å². The van der Waals surface area contributed by atoms with E-state index in [1.807, 2.05) is 0 Å². The highest BCUT2D eigenvalue weighted by Gasteiger charge is 2.23. The quantitative estimate of drug-likeness (QED) is 0.619. The van der Waals surface area contributed by atoms with Crippen molar-refractivity contribution >= 4 is 0 Å². The zero-order valence-electron chi connectivity index (χ0n) is 8.98. The van der Waals surface area contributed by atoms with E-state index in [-0.39, 0.29) is 12.6 Å². The third-order valence-corrected chi connectivity index (χ3v) is 2.76. The number of aliphatic hydroxyl groups is 1. The summed E-state index contributed by atoms with van der Waals surface area (Å²) in [6.45, 7) is 4.16. The predicted molar refractivity (Wildman–Crippen MR) is 56.1 cm³/mol. The summed E-state index contributed by atoms with van der Waals surface area (Å²) in [5.41, 5.74) is 5.85. The van der Waals surface area contributed by atoms with Gasteiger partial charge < -0.3 is 20.5 Å². The van der Waals surface area contributed by atoms with Crippen molar-refractivity contribution in [2.75, 3.05) is 40.0 Å². The summed E-state index contributed by atoms with van der Waals surface area (Å²) in [7, 11) is 1.75. The van der Waals surface area contributed by atoms with Crippen molar-refractivity contribution in [3.05, 3.63) is 0 Å². The van der Waals surface area contributed by atoms with E-state index in [0.29, 0.717) is 12.3 Å². The monoisotopic (exact) mass is 202 g/mol. The SMILES string of the molecule is COCC1CCN(CC(N)CCO)C1. The number of rotatable bonds is 6. The Balaban J connectivity index is 2.15. The van der Waals surface area contributed by atoms with Crippen molar-refractivity contribution in [2.45, 2.75) is 18.9 Å².